The molecule has 1 amide bonds. The summed E-state index contributed by atoms with van der Waals surface area (Å²) in [4.78, 5) is 13.6. The zero-order valence-corrected chi connectivity index (χ0v) is 20.0. The Hall–Kier alpha value is -2.59. The number of nitrogens with zero attached hydrogens (tertiary/aromatic N) is 2. The van der Waals surface area contributed by atoms with Gasteiger partial charge in [-0.1, -0.05) is 71.2 Å². The predicted molar refractivity (Wildman–Crippen MR) is 136 cm³/mol. The molecule has 2 unspecified atom stereocenters. The molecule has 5 rings (SSSR count). The van der Waals surface area contributed by atoms with Gasteiger partial charge in [0.1, 0.15) is 0 Å². The van der Waals surface area contributed by atoms with Crippen LogP contribution in [0.1, 0.15) is 46.8 Å². The number of fused-ring (bicyclic) bond motifs is 1. The Balaban J connectivity index is 1.59. The van der Waals surface area contributed by atoms with Gasteiger partial charge in [-0.25, -0.2) is 5.01 Å². The molecule has 0 radical (unpaired) electrons. The molecule has 1 fully saturated rings. The smallest absolute Gasteiger partial charge is 0.267 e. The molecule has 1 heterocycles. The van der Waals surface area contributed by atoms with Crippen LogP contribution < -0.4 is 0 Å². The predicted octanol–water partition coefficient (Wildman–Crippen LogP) is 8.08. The van der Waals surface area contributed by atoms with Gasteiger partial charge in [-0.3, -0.25) is 4.79 Å². The van der Waals surface area contributed by atoms with Crippen LogP contribution in [0.2, 0.25) is 15.1 Å². The third kappa shape index (κ3) is 4.46. The van der Waals surface area contributed by atoms with Crippen LogP contribution in [0.25, 0.3) is 6.08 Å². The molecule has 1 saturated carbocycles. The van der Waals surface area contributed by atoms with E-state index >= 15 is 0 Å². The van der Waals surface area contributed by atoms with Crippen LogP contribution in [-0.4, -0.2) is 16.6 Å². The van der Waals surface area contributed by atoms with Crippen LogP contribution in [0.15, 0.2) is 83.5 Å². The maximum absolute atomic E-state index is 13.6. The van der Waals surface area contributed by atoms with Gasteiger partial charge in [-0.15, -0.1) is 0 Å². The van der Waals surface area contributed by atoms with E-state index in [1.165, 1.54) is 0 Å². The quantitative estimate of drug-likeness (QED) is 0.361. The normalized spacial score (nSPS) is 21.1. The van der Waals surface area contributed by atoms with E-state index < -0.39 is 0 Å². The topological polar surface area (TPSA) is 32.7 Å². The number of benzene rings is 3. The second-order valence-electron chi connectivity index (χ2n) is 8.33. The number of amides is 1. The van der Waals surface area contributed by atoms with Gasteiger partial charge in [0.05, 0.1) is 22.3 Å². The van der Waals surface area contributed by atoms with Gasteiger partial charge in [0.15, 0.2) is 0 Å². The Kier molecular flexibility index (Phi) is 6.29. The SMILES string of the molecule is O=C(c1ccccc1Cl)N1N=C2C(=Cc3ccc(Cl)cc3)CCCC2C1c1ccc(Cl)cc1. The van der Waals surface area contributed by atoms with Crippen LogP contribution in [0, 0.1) is 5.92 Å². The molecule has 2 aliphatic rings. The number of hydrazone groups is 1. The average molecular weight is 496 g/mol. The minimum absolute atomic E-state index is 0.102. The highest BCUT2D eigenvalue weighted by Gasteiger charge is 2.44. The van der Waals surface area contributed by atoms with E-state index in [1.54, 1.807) is 17.1 Å². The second-order valence-corrected chi connectivity index (χ2v) is 9.61. The van der Waals surface area contributed by atoms with Crippen LogP contribution in [0.4, 0.5) is 0 Å². The number of hydrogen-bond donors (Lipinski definition) is 0. The minimum atomic E-state index is -0.213. The molecule has 3 aromatic carbocycles. The van der Waals surface area contributed by atoms with Gasteiger partial charge in [-0.2, -0.15) is 5.10 Å². The van der Waals surface area contributed by atoms with E-state index in [-0.39, 0.29) is 17.9 Å². The monoisotopic (exact) mass is 494 g/mol. The minimum Gasteiger partial charge on any atom is -0.267 e. The lowest BCUT2D eigenvalue weighted by atomic mass is 9.77. The number of carbonyl (C=O) groups is 1. The molecule has 1 aliphatic carbocycles. The van der Waals surface area contributed by atoms with Crippen LogP contribution >= 0.6 is 34.8 Å². The first-order valence-corrected chi connectivity index (χ1v) is 12.0. The zero-order valence-electron chi connectivity index (χ0n) is 17.7. The summed E-state index contributed by atoms with van der Waals surface area (Å²) in [6.07, 6.45) is 5.06. The summed E-state index contributed by atoms with van der Waals surface area (Å²) in [6.45, 7) is 0. The Morgan fingerprint density at radius 3 is 2.27 bits per heavy atom. The molecular formula is C27H21Cl3N2O. The Bertz CT molecular complexity index is 1250. The number of carbonyl (C=O) groups excluding carboxylic acids is 1. The van der Waals surface area contributed by atoms with E-state index in [9.17, 15) is 4.79 Å². The molecule has 33 heavy (non-hydrogen) atoms. The van der Waals surface area contributed by atoms with Gasteiger partial charge >= 0.3 is 0 Å². The lowest BCUT2D eigenvalue weighted by molar-refractivity contribution is 0.0681. The molecule has 3 aromatic rings. The first-order chi connectivity index (χ1) is 16.0. The fourth-order valence-electron chi connectivity index (χ4n) is 4.68. The van der Waals surface area contributed by atoms with Crippen LogP contribution in [0.3, 0.4) is 0 Å². The molecule has 0 bridgehead atoms. The summed E-state index contributed by atoms with van der Waals surface area (Å²) >= 11 is 18.6. The summed E-state index contributed by atoms with van der Waals surface area (Å²) < 4.78 is 0. The Morgan fingerprint density at radius 1 is 0.909 bits per heavy atom. The molecule has 0 N–H and O–H groups in total. The van der Waals surface area contributed by atoms with E-state index in [4.69, 9.17) is 39.9 Å². The summed E-state index contributed by atoms with van der Waals surface area (Å²) in [7, 11) is 0. The summed E-state index contributed by atoms with van der Waals surface area (Å²) in [5, 5.41) is 8.32. The fourth-order valence-corrected chi connectivity index (χ4v) is 5.15. The lowest BCUT2D eigenvalue weighted by Crippen LogP contribution is -2.32. The highest BCUT2D eigenvalue weighted by molar-refractivity contribution is 6.34. The largest absolute Gasteiger partial charge is 0.276 e. The average Bonchev–Trinajstić information content (AvgIpc) is 3.22. The molecule has 0 aromatic heterocycles. The Labute approximate surface area is 208 Å². The standard InChI is InChI=1S/C27H21Cl3N2O/c28-20-12-8-17(9-13-20)16-19-4-3-6-23-25(19)31-32(26(23)18-10-14-21(29)15-11-18)27(33)22-5-1-2-7-24(22)30/h1-2,5,7-16,23,26H,3-4,6H2. The van der Waals surface area contributed by atoms with Crippen molar-refractivity contribution in [2.75, 3.05) is 0 Å². The number of rotatable bonds is 3. The second kappa shape index (κ2) is 9.34. The summed E-state index contributed by atoms with van der Waals surface area (Å²) in [6, 6.07) is 22.3. The van der Waals surface area contributed by atoms with E-state index in [0.717, 1.165) is 41.7 Å². The zero-order chi connectivity index (χ0) is 22.9. The van der Waals surface area contributed by atoms with Crippen LogP contribution in [-0.2, 0) is 0 Å². The molecule has 166 valence electrons. The lowest BCUT2D eigenvalue weighted by Gasteiger charge is -2.30. The van der Waals surface area contributed by atoms with Gasteiger partial charge in [0.25, 0.3) is 5.91 Å². The van der Waals surface area contributed by atoms with Crippen molar-refractivity contribution in [3.05, 3.63) is 110 Å². The third-order valence-electron chi connectivity index (χ3n) is 6.24. The van der Waals surface area contributed by atoms with Crippen molar-refractivity contribution < 1.29 is 4.79 Å². The van der Waals surface area contributed by atoms with Gasteiger partial charge in [0, 0.05) is 16.0 Å². The van der Waals surface area contributed by atoms with Crippen molar-refractivity contribution in [2.45, 2.75) is 25.3 Å². The number of allylic oxidation sites excluding steroid dienone is 1. The number of hydrogen-bond acceptors (Lipinski definition) is 2. The molecular weight excluding hydrogens is 475 g/mol. The molecule has 2 atom stereocenters. The van der Waals surface area contributed by atoms with E-state index in [0.29, 0.717) is 20.6 Å². The van der Waals surface area contributed by atoms with Gasteiger partial charge in [-0.05, 0) is 78.4 Å². The molecule has 0 spiro atoms. The van der Waals surface area contributed by atoms with E-state index in [1.807, 2.05) is 60.7 Å². The van der Waals surface area contributed by atoms with Crippen molar-refractivity contribution in [3.8, 4) is 0 Å². The van der Waals surface area contributed by atoms with Gasteiger partial charge < -0.3 is 0 Å². The van der Waals surface area contributed by atoms with Crippen molar-refractivity contribution in [3.63, 3.8) is 0 Å². The fraction of sp³-hybridized carbons (Fsp3) is 0.185. The Morgan fingerprint density at radius 2 is 1.58 bits per heavy atom. The summed E-state index contributed by atoms with van der Waals surface area (Å²) in [5.74, 6) is -0.0989. The first-order valence-electron chi connectivity index (χ1n) is 10.9. The highest BCUT2D eigenvalue weighted by atomic mass is 35.5. The summed E-state index contributed by atoms with van der Waals surface area (Å²) in [5.41, 5.74) is 4.65. The molecule has 6 heteroatoms. The molecule has 0 saturated heterocycles. The van der Waals surface area contributed by atoms with Crippen molar-refractivity contribution in [2.24, 2.45) is 11.0 Å². The van der Waals surface area contributed by atoms with Crippen molar-refractivity contribution >= 4 is 52.5 Å². The highest BCUT2D eigenvalue weighted by Crippen LogP contribution is 2.45. The van der Waals surface area contributed by atoms with Crippen LogP contribution in [0.5, 0.6) is 0 Å². The maximum Gasteiger partial charge on any atom is 0.276 e. The van der Waals surface area contributed by atoms with Gasteiger partial charge in [0.2, 0.25) is 0 Å². The maximum atomic E-state index is 13.6. The number of halogens is 3. The first kappa shape index (κ1) is 22.2. The van der Waals surface area contributed by atoms with Crippen molar-refractivity contribution in [1.29, 1.82) is 0 Å². The third-order valence-corrected chi connectivity index (χ3v) is 7.07. The molecule has 1 aliphatic heterocycles. The van der Waals surface area contributed by atoms with E-state index in [2.05, 4.69) is 6.08 Å². The molecule has 3 nitrogen and oxygen atoms in total. The van der Waals surface area contributed by atoms with Crippen molar-refractivity contribution in [1.82, 2.24) is 5.01 Å².